The summed E-state index contributed by atoms with van der Waals surface area (Å²) >= 11 is 3.37. The summed E-state index contributed by atoms with van der Waals surface area (Å²) in [5.41, 5.74) is 1.94. The second kappa shape index (κ2) is 7.17. The van der Waals surface area contributed by atoms with Crippen LogP contribution in [0.3, 0.4) is 0 Å². The van der Waals surface area contributed by atoms with Gasteiger partial charge in [-0.3, -0.25) is 0 Å². The minimum absolute atomic E-state index is 0.223. The van der Waals surface area contributed by atoms with E-state index in [2.05, 4.69) is 9.97 Å². The highest BCUT2D eigenvalue weighted by atomic mass is 32.2. The summed E-state index contributed by atoms with van der Waals surface area (Å²) in [7, 11) is 1.71. The summed E-state index contributed by atoms with van der Waals surface area (Å²) in [6, 6.07) is 8.57. The molecule has 6 heteroatoms. The molecule has 3 aromatic rings. The van der Waals surface area contributed by atoms with Gasteiger partial charge in [-0.2, -0.15) is 0 Å². The first-order valence-electron chi connectivity index (χ1n) is 6.90. The number of benzene rings is 1. The smallest absolute Gasteiger partial charge is 0.123 e. The average Bonchev–Trinajstić information content (AvgIpc) is 2.97. The number of halogens is 1. The van der Waals surface area contributed by atoms with E-state index in [1.807, 2.05) is 6.07 Å². The highest BCUT2D eigenvalue weighted by Crippen LogP contribution is 2.36. The van der Waals surface area contributed by atoms with Gasteiger partial charge in [0.15, 0.2) is 0 Å². The van der Waals surface area contributed by atoms with Crippen LogP contribution in [0.15, 0.2) is 41.7 Å². The zero-order valence-corrected chi connectivity index (χ0v) is 13.7. The van der Waals surface area contributed by atoms with Crippen molar-refractivity contribution in [2.45, 2.75) is 11.4 Å². The van der Waals surface area contributed by atoms with Gasteiger partial charge in [0.1, 0.15) is 17.2 Å². The predicted octanol–water partition coefficient (Wildman–Crippen LogP) is 4.63. The molecule has 3 nitrogen and oxygen atoms in total. The van der Waals surface area contributed by atoms with Crippen LogP contribution < -0.4 is 0 Å². The quantitative estimate of drug-likeness (QED) is 0.374. The van der Waals surface area contributed by atoms with Crippen LogP contribution >= 0.6 is 23.1 Å². The van der Waals surface area contributed by atoms with Crippen LogP contribution in [-0.2, 0) is 4.74 Å². The summed E-state index contributed by atoms with van der Waals surface area (Å²) in [4.78, 5) is 9.80. The highest BCUT2D eigenvalue weighted by molar-refractivity contribution is 7.99. The SMILES string of the molecule is COCCCSc1ncnc2cc(-c3ccc(F)cc3)sc12. The van der Waals surface area contributed by atoms with E-state index in [9.17, 15) is 4.39 Å². The molecule has 2 heterocycles. The average molecular weight is 334 g/mol. The van der Waals surface area contributed by atoms with Crippen LogP contribution in [0.5, 0.6) is 0 Å². The minimum atomic E-state index is -0.223. The fourth-order valence-corrected chi connectivity index (χ4v) is 4.18. The van der Waals surface area contributed by atoms with Gasteiger partial charge in [0.2, 0.25) is 0 Å². The first kappa shape index (κ1) is 15.4. The fraction of sp³-hybridized carbons (Fsp3) is 0.250. The number of thiophene rings is 1. The topological polar surface area (TPSA) is 35.0 Å². The minimum Gasteiger partial charge on any atom is -0.385 e. The van der Waals surface area contributed by atoms with E-state index in [1.54, 1.807) is 48.7 Å². The van der Waals surface area contributed by atoms with E-state index in [4.69, 9.17) is 4.74 Å². The molecular formula is C16H15FN2OS2. The summed E-state index contributed by atoms with van der Waals surface area (Å²) in [5, 5.41) is 1.000. The Morgan fingerprint density at radius 1 is 1.23 bits per heavy atom. The lowest BCUT2D eigenvalue weighted by Crippen LogP contribution is -1.91. The Labute approximate surface area is 136 Å². The maximum atomic E-state index is 13.0. The van der Waals surface area contributed by atoms with Crippen LogP contribution in [0, 0.1) is 5.82 Å². The van der Waals surface area contributed by atoms with Gasteiger partial charge in [0.05, 0.1) is 10.2 Å². The van der Waals surface area contributed by atoms with Crippen molar-refractivity contribution in [1.29, 1.82) is 0 Å². The van der Waals surface area contributed by atoms with E-state index >= 15 is 0 Å². The van der Waals surface area contributed by atoms with E-state index in [-0.39, 0.29) is 5.82 Å². The Morgan fingerprint density at radius 3 is 2.82 bits per heavy atom. The molecule has 0 fully saturated rings. The van der Waals surface area contributed by atoms with Gasteiger partial charge in [0, 0.05) is 24.3 Å². The summed E-state index contributed by atoms with van der Waals surface area (Å²) in [6.07, 6.45) is 2.59. The molecule has 0 unspecified atom stereocenters. The van der Waals surface area contributed by atoms with Gasteiger partial charge < -0.3 is 4.74 Å². The summed E-state index contributed by atoms with van der Waals surface area (Å²) < 4.78 is 19.2. The van der Waals surface area contributed by atoms with Crippen molar-refractivity contribution in [2.24, 2.45) is 0 Å². The molecule has 114 valence electrons. The Bertz CT molecular complexity index is 758. The van der Waals surface area contributed by atoms with E-state index < -0.39 is 0 Å². The summed E-state index contributed by atoms with van der Waals surface area (Å²) in [6.45, 7) is 0.756. The number of rotatable bonds is 6. The van der Waals surface area contributed by atoms with Crippen molar-refractivity contribution in [2.75, 3.05) is 19.5 Å². The van der Waals surface area contributed by atoms with E-state index in [0.717, 1.165) is 44.5 Å². The molecule has 3 rings (SSSR count). The maximum Gasteiger partial charge on any atom is 0.123 e. The molecule has 0 atom stereocenters. The normalized spacial score (nSPS) is 11.2. The summed E-state index contributed by atoms with van der Waals surface area (Å²) in [5.74, 6) is 0.739. The molecule has 0 radical (unpaired) electrons. The second-order valence-corrected chi connectivity index (χ2v) is 6.84. The Morgan fingerprint density at radius 2 is 2.05 bits per heavy atom. The third kappa shape index (κ3) is 3.45. The van der Waals surface area contributed by atoms with Crippen LogP contribution in [0.2, 0.25) is 0 Å². The lowest BCUT2D eigenvalue weighted by atomic mass is 10.2. The number of thioether (sulfide) groups is 1. The lowest BCUT2D eigenvalue weighted by Gasteiger charge is -2.01. The number of aromatic nitrogens is 2. The van der Waals surface area contributed by atoms with Gasteiger partial charge in [-0.25, -0.2) is 14.4 Å². The van der Waals surface area contributed by atoms with Crippen molar-refractivity contribution in [1.82, 2.24) is 9.97 Å². The number of hydrogen-bond donors (Lipinski definition) is 0. The van der Waals surface area contributed by atoms with Gasteiger partial charge >= 0.3 is 0 Å². The maximum absolute atomic E-state index is 13.0. The van der Waals surface area contributed by atoms with E-state index in [0.29, 0.717) is 0 Å². The predicted molar refractivity (Wildman–Crippen MR) is 90.0 cm³/mol. The molecule has 0 aliphatic rings. The molecule has 0 aliphatic heterocycles. The molecule has 0 aliphatic carbocycles. The molecular weight excluding hydrogens is 319 g/mol. The van der Waals surface area contributed by atoms with Crippen molar-refractivity contribution in [3.05, 3.63) is 42.5 Å². The van der Waals surface area contributed by atoms with Gasteiger partial charge in [-0.05, 0) is 30.2 Å². The Balaban J connectivity index is 1.87. The van der Waals surface area contributed by atoms with Gasteiger partial charge in [-0.1, -0.05) is 12.1 Å². The number of fused-ring (bicyclic) bond motifs is 1. The first-order chi connectivity index (χ1) is 10.8. The number of hydrogen-bond acceptors (Lipinski definition) is 5. The molecule has 22 heavy (non-hydrogen) atoms. The zero-order chi connectivity index (χ0) is 15.4. The Hall–Kier alpha value is -1.50. The van der Waals surface area contributed by atoms with Crippen molar-refractivity contribution in [3.8, 4) is 10.4 Å². The van der Waals surface area contributed by atoms with Crippen LogP contribution in [0.4, 0.5) is 4.39 Å². The van der Waals surface area contributed by atoms with Crippen LogP contribution in [0.1, 0.15) is 6.42 Å². The van der Waals surface area contributed by atoms with Crippen molar-refractivity contribution in [3.63, 3.8) is 0 Å². The molecule has 0 amide bonds. The lowest BCUT2D eigenvalue weighted by molar-refractivity contribution is 0.200. The van der Waals surface area contributed by atoms with Crippen molar-refractivity contribution < 1.29 is 9.13 Å². The standard InChI is InChI=1S/C16H15FN2OS2/c1-20-7-2-8-21-16-15-13(18-10-19-16)9-14(22-15)11-3-5-12(17)6-4-11/h3-6,9-10H,2,7-8H2,1H3. The fourth-order valence-electron chi connectivity index (χ4n) is 2.06. The molecule has 0 saturated heterocycles. The highest BCUT2D eigenvalue weighted by Gasteiger charge is 2.10. The van der Waals surface area contributed by atoms with Crippen LogP contribution in [0.25, 0.3) is 20.7 Å². The molecule has 0 saturated carbocycles. The Kier molecular flexibility index (Phi) is 5.02. The van der Waals surface area contributed by atoms with Crippen LogP contribution in [-0.4, -0.2) is 29.4 Å². The van der Waals surface area contributed by atoms with Gasteiger partial charge in [-0.15, -0.1) is 23.1 Å². The number of methoxy groups -OCH3 is 1. The number of nitrogens with zero attached hydrogens (tertiary/aromatic N) is 2. The van der Waals surface area contributed by atoms with Crippen molar-refractivity contribution >= 4 is 33.3 Å². The molecule has 0 N–H and O–H groups in total. The molecule has 1 aromatic carbocycles. The largest absolute Gasteiger partial charge is 0.385 e. The third-order valence-corrected chi connectivity index (χ3v) is 5.52. The molecule has 0 bridgehead atoms. The van der Waals surface area contributed by atoms with Gasteiger partial charge in [0.25, 0.3) is 0 Å². The zero-order valence-electron chi connectivity index (χ0n) is 12.1. The monoisotopic (exact) mass is 334 g/mol. The second-order valence-electron chi connectivity index (χ2n) is 4.71. The van der Waals surface area contributed by atoms with E-state index in [1.165, 1.54) is 12.1 Å². The number of ether oxygens (including phenoxy) is 1. The third-order valence-electron chi connectivity index (χ3n) is 3.14. The first-order valence-corrected chi connectivity index (χ1v) is 8.70. The molecule has 0 spiro atoms. The molecule has 2 aromatic heterocycles.